The molecule has 5 heteroatoms. The second-order valence-corrected chi connectivity index (χ2v) is 2.74. The zero-order valence-electron chi connectivity index (χ0n) is 6.51. The van der Waals surface area contributed by atoms with Gasteiger partial charge in [0, 0.05) is 17.8 Å². The molecule has 0 amide bonds. The minimum Gasteiger partial charge on any atom is -0.231 e. The Morgan fingerprint density at radius 2 is 1.92 bits per heavy atom. The Balaban J connectivity index is 2.69. The predicted molar refractivity (Wildman–Crippen MR) is 47.2 cm³/mol. The van der Waals surface area contributed by atoms with E-state index in [1.54, 1.807) is 30.6 Å². The van der Waals surface area contributed by atoms with Crippen LogP contribution in [0.1, 0.15) is 0 Å². The monoisotopic (exact) mass is 188 g/mol. The summed E-state index contributed by atoms with van der Waals surface area (Å²) < 4.78 is 0. The molecule has 62 valence electrons. The van der Waals surface area contributed by atoms with Gasteiger partial charge in [-0.05, 0) is 6.07 Å². The summed E-state index contributed by atoms with van der Waals surface area (Å²) >= 11 is 1.15. The van der Waals surface area contributed by atoms with Gasteiger partial charge in [-0.1, -0.05) is 11.8 Å². The highest BCUT2D eigenvalue weighted by atomic mass is 32.2. The highest BCUT2D eigenvalue weighted by molar-refractivity contribution is 8.02. The Hall–Kier alpha value is -1.85. The Labute approximate surface area is 79.5 Å². The van der Waals surface area contributed by atoms with Gasteiger partial charge in [0.1, 0.15) is 17.7 Å². The van der Waals surface area contributed by atoms with E-state index in [1.165, 1.54) is 5.41 Å². The maximum atomic E-state index is 8.41. The third-order valence-electron chi connectivity index (χ3n) is 1.07. The maximum absolute atomic E-state index is 8.41. The van der Waals surface area contributed by atoms with Crippen LogP contribution in [0.15, 0.2) is 34.6 Å². The Morgan fingerprint density at radius 1 is 1.31 bits per heavy atom. The standard InChI is InChI=1S/C8H4N4S/c9-4-7(5-10)6-13-8-11-2-1-3-12-8/h1-3,6H. The first-order valence-corrected chi connectivity index (χ1v) is 4.19. The third kappa shape index (κ3) is 2.94. The average Bonchev–Trinajstić information content (AvgIpc) is 2.21. The van der Waals surface area contributed by atoms with Crippen molar-refractivity contribution in [3.05, 3.63) is 29.4 Å². The SMILES string of the molecule is N#CC(C#N)=CSc1ncccn1. The first-order chi connectivity index (χ1) is 6.36. The van der Waals surface area contributed by atoms with E-state index in [-0.39, 0.29) is 5.57 Å². The normalized spacial score (nSPS) is 8.15. The van der Waals surface area contributed by atoms with Crippen molar-refractivity contribution in [1.82, 2.24) is 9.97 Å². The zero-order valence-corrected chi connectivity index (χ0v) is 7.32. The van der Waals surface area contributed by atoms with Gasteiger partial charge >= 0.3 is 0 Å². The summed E-state index contributed by atoms with van der Waals surface area (Å²) in [5.74, 6) is 0. The number of thioether (sulfide) groups is 1. The van der Waals surface area contributed by atoms with Crippen molar-refractivity contribution in [2.45, 2.75) is 5.16 Å². The summed E-state index contributed by atoms with van der Waals surface area (Å²) in [7, 11) is 0. The summed E-state index contributed by atoms with van der Waals surface area (Å²) in [4.78, 5) is 7.82. The van der Waals surface area contributed by atoms with E-state index in [9.17, 15) is 0 Å². The van der Waals surface area contributed by atoms with Crippen molar-refractivity contribution in [2.24, 2.45) is 0 Å². The number of allylic oxidation sites excluding steroid dienone is 1. The molecule has 0 spiro atoms. The van der Waals surface area contributed by atoms with Gasteiger partial charge in [0.25, 0.3) is 0 Å². The van der Waals surface area contributed by atoms with Gasteiger partial charge in [-0.15, -0.1) is 0 Å². The topological polar surface area (TPSA) is 73.4 Å². The van der Waals surface area contributed by atoms with Gasteiger partial charge in [0.2, 0.25) is 0 Å². The van der Waals surface area contributed by atoms with Crippen molar-refractivity contribution in [3.63, 3.8) is 0 Å². The maximum Gasteiger partial charge on any atom is 0.191 e. The molecule has 0 saturated carbocycles. The third-order valence-corrected chi connectivity index (χ3v) is 1.84. The number of aromatic nitrogens is 2. The van der Waals surface area contributed by atoms with E-state index >= 15 is 0 Å². The second kappa shape index (κ2) is 4.91. The van der Waals surface area contributed by atoms with Crippen LogP contribution >= 0.6 is 11.8 Å². The van der Waals surface area contributed by atoms with Crippen molar-refractivity contribution >= 4 is 11.8 Å². The Kier molecular flexibility index (Phi) is 3.49. The van der Waals surface area contributed by atoms with Crippen molar-refractivity contribution in [1.29, 1.82) is 10.5 Å². The van der Waals surface area contributed by atoms with Gasteiger partial charge in [-0.2, -0.15) is 10.5 Å². The molecule has 1 aromatic heterocycles. The molecule has 0 saturated heterocycles. The van der Waals surface area contributed by atoms with E-state index in [0.29, 0.717) is 5.16 Å². The minimum atomic E-state index is 0.0532. The molecule has 13 heavy (non-hydrogen) atoms. The van der Waals surface area contributed by atoms with E-state index in [4.69, 9.17) is 10.5 Å². The number of hydrogen-bond acceptors (Lipinski definition) is 5. The van der Waals surface area contributed by atoms with Crippen LogP contribution in [0, 0.1) is 22.7 Å². The molecule has 0 unspecified atom stereocenters. The fourth-order valence-corrected chi connectivity index (χ4v) is 1.11. The lowest BCUT2D eigenvalue weighted by Crippen LogP contribution is -1.80. The molecular weight excluding hydrogens is 184 g/mol. The largest absolute Gasteiger partial charge is 0.231 e. The summed E-state index contributed by atoms with van der Waals surface area (Å²) in [5, 5.41) is 18.8. The molecule has 1 heterocycles. The first kappa shape index (κ1) is 9.24. The fraction of sp³-hybridized carbons (Fsp3) is 0. The lowest BCUT2D eigenvalue weighted by atomic mass is 10.4. The molecule has 0 fully saturated rings. The van der Waals surface area contributed by atoms with Crippen LogP contribution < -0.4 is 0 Å². The lowest BCUT2D eigenvalue weighted by Gasteiger charge is -1.90. The molecule has 0 aliphatic rings. The minimum absolute atomic E-state index is 0.0532. The molecule has 0 aromatic carbocycles. The van der Waals surface area contributed by atoms with Crippen LogP contribution in [0.25, 0.3) is 0 Å². The van der Waals surface area contributed by atoms with Gasteiger partial charge < -0.3 is 0 Å². The number of hydrogen-bond donors (Lipinski definition) is 0. The van der Waals surface area contributed by atoms with Crippen molar-refractivity contribution in [3.8, 4) is 12.1 Å². The van der Waals surface area contributed by atoms with Gasteiger partial charge in [-0.3, -0.25) is 0 Å². The smallest absolute Gasteiger partial charge is 0.191 e. The van der Waals surface area contributed by atoms with Crippen LogP contribution in [0.3, 0.4) is 0 Å². The zero-order chi connectivity index (χ0) is 9.52. The number of nitriles is 2. The Morgan fingerprint density at radius 3 is 2.46 bits per heavy atom. The van der Waals surface area contributed by atoms with Gasteiger partial charge in [0.05, 0.1) is 0 Å². The molecule has 0 atom stereocenters. The highest BCUT2D eigenvalue weighted by Gasteiger charge is 1.94. The lowest BCUT2D eigenvalue weighted by molar-refractivity contribution is 0.971. The second-order valence-electron chi connectivity index (χ2n) is 1.90. The molecule has 0 radical (unpaired) electrons. The Bertz CT molecular complexity index is 369. The van der Waals surface area contributed by atoms with Crippen molar-refractivity contribution in [2.75, 3.05) is 0 Å². The highest BCUT2D eigenvalue weighted by Crippen LogP contribution is 2.14. The van der Waals surface area contributed by atoms with E-state index in [2.05, 4.69) is 9.97 Å². The van der Waals surface area contributed by atoms with E-state index in [0.717, 1.165) is 11.8 Å². The van der Waals surface area contributed by atoms with E-state index in [1.807, 2.05) is 0 Å². The fourth-order valence-electron chi connectivity index (χ4n) is 0.536. The summed E-state index contributed by atoms with van der Waals surface area (Å²) in [6.45, 7) is 0. The predicted octanol–water partition coefficient (Wildman–Crippen LogP) is 1.50. The molecule has 4 nitrogen and oxygen atoms in total. The summed E-state index contributed by atoms with van der Waals surface area (Å²) in [6, 6.07) is 5.19. The van der Waals surface area contributed by atoms with Crippen molar-refractivity contribution < 1.29 is 0 Å². The molecule has 0 aliphatic carbocycles. The molecule has 1 rings (SSSR count). The van der Waals surface area contributed by atoms with Crippen LogP contribution in [0.2, 0.25) is 0 Å². The number of nitrogens with zero attached hydrogens (tertiary/aromatic N) is 4. The van der Waals surface area contributed by atoms with Crippen LogP contribution in [-0.4, -0.2) is 9.97 Å². The summed E-state index contributed by atoms with van der Waals surface area (Å²) in [5.41, 5.74) is 0.0532. The average molecular weight is 188 g/mol. The van der Waals surface area contributed by atoms with Crippen LogP contribution in [0.5, 0.6) is 0 Å². The molecule has 0 bridgehead atoms. The first-order valence-electron chi connectivity index (χ1n) is 3.31. The quantitative estimate of drug-likeness (QED) is 0.399. The molecule has 1 aromatic rings. The van der Waals surface area contributed by atoms with Gasteiger partial charge in [0.15, 0.2) is 5.16 Å². The number of rotatable bonds is 2. The molecule has 0 N–H and O–H groups in total. The van der Waals surface area contributed by atoms with Crippen LogP contribution in [0.4, 0.5) is 0 Å². The molecule has 0 aliphatic heterocycles. The summed E-state index contributed by atoms with van der Waals surface area (Å²) in [6.07, 6.45) is 3.20. The van der Waals surface area contributed by atoms with Gasteiger partial charge in [-0.25, -0.2) is 9.97 Å². The molecular formula is C8H4N4S. The van der Waals surface area contributed by atoms with E-state index < -0.39 is 0 Å². The van der Waals surface area contributed by atoms with Crippen LogP contribution in [-0.2, 0) is 0 Å².